The molecule has 9 nitrogen and oxygen atoms in total. The van der Waals surface area contributed by atoms with Crippen LogP contribution in [0.25, 0.3) is 0 Å². The zero-order valence-corrected chi connectivity index (χ0v) is 19.6. The zero-order chi connectivity index (χ0) is 23.4. The van der Waals surface area contributed by atoms with Crippen molar-refractivity contribution in [3.8, 4) is 0 Å². The van der Waals surface area contributed by atoms with Crippen LogP contribution in [0.15, 0.2) is 52.3 Å². The predicted molar refractivity (Wildman–Crippen MR) is 120 cm³/mol. The third-order valence-corrected chi connectivity index (χ3v) is 8.56. The molecule has 1 aliphatic rings. The summed E-state index contributed by atoms with van der Waals surface area (Å²) in [5.41, 5.74) is 1.99. The van der Waals surface area contributed by atoms with E-state index >= 15 is 0 Å². The molecule has 2 aromatic carbocycles. The van der Waals surface area contributed by atoms with Crippen LogP contribution in [0.5, 0.6) is 0 Å². The Morgan fingerprint density at radius 1 is 1.00 bits per heavy atom. The highest BCUT2D eigenvalue weighted by Gasteiger charge is 2.26. The van der Waals surface area contributed by atoms with E-state index in [0.29, 0.717) is 38.4 Å². The number of morpholine rings is 1. The van der Waals surface area contributed by atoms with Gasteiger partial charge in [0.15, 0.2) is 0 Å². The van der Waals surface area contributed by atoms with E-state index < -0.39 is 20.0 Å². The fraction of sp³-hybridized carbons (Fsp3) is 0.381. The molecule has 0 aliphatic carbocycles. The molecule has 1 fully saturated rings. The van der Waals surface area contributed by atoms with Gasteiger partial charge in [-0.15, -0.1) is 0 Å². The summed E-state index contributed by atoms with van der Waals surface area (Å²) in [7, 11) is -5.84. The maximum Gasteiger partial charge on any atom is 0.243 e. The van der Waals surface area contributed by atoms with Crippen molar-refractivity contribution in [3.05, 3.63) is 53.6 Å². The number of hydrogen-bond donors (Lipinski definition) is 2. The first-order valence-corrected chi connectivity index (χ1v) is 13.1. The highest BCUT2D eigenvalue weighted by atomic mass is 32.2. The molecule has 0 unspecified atom stereocenters. The van der Waals surface area contributed by atoms with Gasteiger partial charge < -0.3 is 10.1 Å². The van der Waals surface area contributed by atoms with Crippen molar-refractivity contribution in [2.24, 2.45) is 0 Å². The van der Waals surface area contributed by atoms with Crippen molar-refractivity contribution in [1.29, 1.82) is 0 Å². The minimum atomic E-state index is -3.61. The average molecular weight is 482 g/mol. The third kappa shape index (κ3) is 5.73. The lowest BCUT2D eigenvalue weighted by molar-refractivity contribution is -0.116. The molecular weight excluding hydrogens is 454 g/mol. The van der Waals surface area contributed by atoms with Crippen molar-refractivity contribution < 1.29 is 26.4 Å². The lowest BCUT2D eigenvalue weighted by atomic mass is 10.1. The number of sulfonamides is 2. The van der Waals surface area contributed by atoms with Gasteiger partial charge >= 0.3 is 0 Å². The van der Waals surface area contributed by atoms with Crippen molar-refractivity contribution in [3.63, 3.8) is 0 Å². The van der Waals surface area contributed by atoms with Gasteiger partial charge in [0.25, 0.3) is 0 Å². The molecule has 174 valence electrons. The number of nitrogens with one attached hydrogen (secondary N) is 2. The minimum Gasteiger partial charge on any atom is -0.379 e. The molecule has 1 heterocycles. The number of hydrogen-bond acceptors (Lipinski definition) is 6. The molecule has 1 amide bonds. The third-order valence-electron chi connectivity index (χ3n) is 5.23. The second kappa shape index (κ2) is 10.1. The van der Waals surface area contributed by atoms with Gasteiger partial charge in [0.1, 0.15) is 0 Å². The predicted octanol–water partition coefficient (Wildman–Crippen LogP) is 1.50. The molecule has 1 aliphatic heterocycles. The largest absolute Gasteiger partial charge is 0.379 e. The summed E-state index contributed by atoms with van der Waals surface area (Å²) in [6.45, 7) is 3.21. The van der Waals surface area contributed by atoms with E-state index in [4.69, 9.17) is 4.74 Å². The highest BCUT2D eigenvalue weighted by Crippen LogP contribution is 2.21. The van der Waals surface area contributed by atoms with Gasteiger partial charge in [-0.25, -0.2) is 21.6 Å². The van der Waals surface area contributed by atoms with Crippen molar-refractivity contribution >= 4 is 31.6 Å². The van der Waals surface area contributed by atoms with Crippen LogP contribution in [0, 0.1) is 6.92 Å². The number of rotatable bonds is 8. The molecule has 0 aromatic heterocycles. The van der Waals surface area contributed by atoms with Crippen LogP contribution in [-0.2, 0) is 36.0 Å². The average Bonchev–Trinajstić information content (AvgIpc) is 2.80. The van der Waals surface area contributed by atoms with Gasteiger partial charge in [-0.3, -0.25) is 4.79 Å². The van der Waals surface area contributed by atoms with E-state index in [-0.39, 0.29) is 22.1 Å². The molecule has 0 saturated carbocycles. The summed E-state index contributed by atoms with van der Waals surface area (Å²) < 4.78 is 58.2. The van der Waals surface area contributed by atoms with E-state index in [1.165, 1.54) is 23.5 Å². The first kappa shape index (κ1) is 24.3. The molecule has 1 saturated heterocycles. The lowest BCUT2D eigenvalue weighted by Crippen LogP contribution is -2.40. The maximum absolute atomic E-state index is 12.7. The Bertz CT molecular complexity index is 1170. The Balaban J connectivity index is 1.61. The Kier molecular flexibility index (Phi) is 7.67. The number of amides is 1. The van der Waals surface area contributed by atoms with E-state index in [1.807, 2.05) is 0 Å². The standard InChI is InChI=1S/C21H27N3O6S2/c1-16-3-7-19(31(26,27)22-2)15-20(16)23-21(25)10-6-17-4-8-18(9-5-17)32(28,29)24-11-13-30-14-12-24/h3-5,7-9,15,22H,6,10-14H2,1-2H3,(H,23,25). The van der Waals surface area contributed by atoms with Crippen LogP contribution in [0.4, 0.5) is 5.69 Å². The molecule has 0 bridgehead atoms. The van der Waals surface area contributed by atoms with E-state index in [0.717, 1.165) is 11.1 Å². The molecule has 2 aromatic rings. The number of ether oxygens (including phenoxy) is 1. The molecule has 2 N–H and O–H groups in total. The number of carbonyl (C=O) groups excluding carboxylic acids is 1. The number of aryl methyl sites for hydroxylation is 2. The van der Waals surface area contributed by atoms with Crippen LogP contribution < -0.4 is 10.0 Å². The summed E-state index contributed by atoms with van der Waals surface area (Å²) in [4.78, 5) is 12.7. The van der Waals surface area contributed by atoms with E-state index in [2.05, 4.69) is 10.0 Å². The number of anilines is 1. The maximum atomic E-state index is 12.7. The SMILES string of the molecule is CNS(=O)(=O)c1ccc(C)c(NC(=O)CCc2ccc(S(=O)(=O)N3CCOCC3)cc2)c1. The van der Waals surface area contributed by atoms with E-state index in [9.17, 15) is 21.6 Å². The molecule has 11 heteroatoms. The van der Waals surface area contributed by atoms with Crippen LogP contribution in [0.1, 0.15) is 17.5 Å². The van der Waals surface area contributed by atoms with Gasteiger partial charge in [0.05, 0.1) is 23.0 Å². The van der Waals surface area contributed by atoms with Crippen molar-refractivity contribution in [2.75, 3.05) is 38.7 Å². The van der Waals surface area contributed by atoms with Crippen molar-refractivity contribution in [1.82, 2.24) is 9.03 Å². The second-order valence-electron chi connectivity index (χ2n) is 7.39. The van der Waals surface area contributed by atoms with E-state index in [1.54, 1.807) is 37.3 Å². The zero-order valence-electron chi connectivity index (χ0n) is 18.0. The Labute approximate surface area is 188 Å². The smallest absolute Gasteiger partial charge is 0.243 e. The van der Waals surface area contributed by atoms with Crippen LogP contribution in [-0.4, -0.2) is 60.4 Å². The van der Waals surface area contributed by atoms with Gasteiger partial charge in [-0.1, -0.05) is 18.2 Å². The van der Waals surface area contributed by atoms with Crippen LogP contribution in [0.2, 0.25) is 0 Å². The first-order chi connectivity index (χ1) is 15.1. The molecule has 0 atom stereocenters. The molecular formula is C21H27N3O6S2. The fourth-order valence-electron chi connectivity index (χ4n) is 3.26. The number of carbonyl (C=O) groups is 1. The number of benzene rings is 2. The molecule has 0 spiro atoms. The summed E-state index contributed by atoms with van der Waals surface area (Å²) >= 11 is 0. The van der Waals surface area contributed by atoms with Gasteiger partial charge in [0, 0.05) is 25.2 Å². The van der Waals surface area contributed by atoms with Gasteiger partial charge in [-0.2, -0.15) is 4.31 Å². The minimum absolute atomic E-state index is 0.0676. The Hall–Kier alpha value is -2.31. The summed E-state index contributed by atoms with van der Waals surface area (Å²) in [6, 6.07) is 11.0. The van der Waals surface area contributed by atoms with Gasteiger partial charge in [-0.05, 0) is 55.8 Å². The normalized spacial score (nSPS) is 15.4. The highest BCUT2D eigenvalue weighted by molar-refractivity contribution is 7.89. The van der Waals surface area contributed by atoms with Crippen LogP contribution >= 0.6 is 0 Å². The molecule has 32 heavy (non-hydrogen) atoms. The summed E-state index contributed by atoms with van der Waals surface area (Å²) in [5.74, 6) is -0.267. The number of nitrogens with zero attached hydrogens (tertiary/aromatic N) is 1. The van der Waals surface area contributed by atoms with Gasteiger partial charge in [0.2, 0.25) is 26.0 Å². The first-order valence-electron chi connectivity index (χ1n) is 10.1. The quantitative estimate of drug-likeness (QED) is 0.589. The second-order valence-corrected chi connectivity index (χ2v) is 11.2. The Morgan fingerprint density at radius 2 is 1.62 bits per heavy atom. The molecule has 3 rings (SSSR count). The topological polar surface area (TPSA) is 122 Å². The van der Waals surface area contributed by atoms with Crippen LogP contribution in [0.3, 0.4) is 0 Å². The summed E-state index contributed by atoms with van der Waals surface area (Å²) in [6.07, 6.45) is 0.579. The lowest BCUT2D eigenvalue weighted by Gasteiger charge is -2.26. The summed E-state index contributed by atoms with van der Waals surface area (Å²) in [5, 5.41) is 2.75. The van der Waals surface area contributed by atoms with Crippen molar-refractivity contribution in [2.45, 2.75) is 29.6 Å². The fourth-order valence-corrected chi connectivity index (χ4v) is 5.42. The molecule has 0 radical (unpaired) electrons. The monoisotopic (exact) mass is 481 g/mol. The Morgan fingerprint density at radius 3 is 2.25 bits per heavy atom.